The molecule has 1 heterocycles. The zero-order chi connectivity index (χ0) is 17.1. The van der Waals surface area contributed by atoms with Crippen LogP contribution in [0, 0.1) is 0 Å². The summed E-state index contributed by atoms with van der Waals surface area (Å²) in [4.78, 5) is 12.2. The molecule has 3 aromatic rings. The van der Waals surface area contributed by atoms with Gasteiger partial charge in [-0.2, -0.15) is 5.10 Å². The minimum atomic E-state index is -0.257. The number of rotatable bonds is 4. The quantitative estimate of drug-likeness (QED) is 0.681. The number of anilines is 1. The van der Waals surface area contributed by atoms with Crippen molar-refractivity contribution in [2.75, 3.05) is 5.32 Å². The number of carbonyl (C=O) groups is 1. The Morgan fingerprint density at radius 3 is 2.33 bits per heavy atom. The van der Waals surface area contributed by atoms with Crippen LogP contribution in [0.15, 0.2) is 54.7 Å². The van der Waals surface area contributed by atoms with Gasteiger partial charge in [-0.1, -0.05) is 40.9 Å². The standard InChI is InChI=1S/C17H12Cl3N3O/c18-12-6-4-11(5-7-12)17(24)21-16-8-9-23(22-16)10-13-14(19)2-1-3-15(13)20/h1-9H,10H2,(H,21,22,24). The van der Waals surface area contributed by atoms with Gasteiger partial charge in [0.25, 0.3) is 5.91 Å². The topological polar surface area (TPSA) is 46.9 Å². The molecule has 4 nitrogen and oxygen atoms in total. The maximum Gasteiger partial charge on any atom is 0.256 e. The highest BCUT2D eigenvalue weighted by Crippen LogP contribution is 2.25. The fourth-order valence-corrected chi connectivity index (χ4v) is 2.79. The van der Waals surface area contributed by atoms with E-state index in [1.165, 1.54) is 0 Å². The summed E-state index contributed by atoms with van der Waals surface area (Å²) in [5.41, 5.74) is 1.28. The molecule has 3 rings (SSSR count). The third-order valence-corrected chi connectivity index (χ3v) is 4.33. The zero-order valence-electron chi connectivity index (χ0n) is 12.3. The van der Waals surface area contributed by atoms with Gasteiger partial charge in [0, 0.05) is 38.5 Å². The summed E-state index contributed by atoms with van der Waals surface area (Å²) in [6, 6.07) is 13.7. The molecule has 1 N–H and O–H groups in total. The van der Waals surface area contributed by atoms with E-state index in [1.807, 2.05) is 0 Å². The number of aromatic nitrogens is 2. The number of hydrogen-bond donors (Lipinski definition) is 1. The fourth-order valence-electron chi connectivity index (χ4n) is 2.15. The zero-order valence-corrected chi connectivity index (χ0v) is 14.6. The average molecular weight is 381 g/mol. The SMILES string of the molecule is O=C(Nc1ccn(Cc2c(Cl)cccc2Cl)n1)c1ccc(Cl)cc1. The Hall–Kier alpha value is -2.01. The Balaban J connectivity index is 1.71. The lowest BCUT2D eigenvalue weighted by Gasteiger charge is -2.07. The van der Waals surface area contributed by atoms with Crippen LogP contribution < -0.4 is 5.32 Å². The molecule has 7 heteroatoms. The van der Waals surface area contributed by atoms with Crippen LogP contribution in [0.25, 0.3) is 0 Å². The molecule has 0 saturated carbocycles. The van der Waals surface area contributed by atoms with E-state index < -0.39 is 0 Å². The minimum absolute atomic E-state index is 0.257. The van der Waals surface area contributed by atoms with Gasteiger partial charge in [-0.15, -0.1) is 0 Å². The molecular weight excluding hydrogens is 369 g/mol. The maximum atomic E-state index is 12.2. The van der Waals surface area contributed by atoms with Crippen molar-refractivity contribution in [2.45, 2.75) is 6.54 Å². The highest BCUT2D eigenvalue weighted by Gasteiger charge is 2.10. The van der Waals surface area contributed by atoms with E-state index in [9.17, 15) is 4.79 Å². The van der Waals surface area contributed by atoms with Crippen LogP contribution >= 0.6 is 34.8 Å². The maximum absolute atomic E-state index is 12.2. The van der Waals surface area contributed by atoms with Gasteiger partial charge in [0.05, 0.1) is 6.54 Å². The first-order valence-electron chi connectivity index (χ1n) is 7.06. The van der Waals surface area contributed by atoms with Gasteiger partial charge in [-0.05, 0) is 36.4 Å². The number of hydrogen-bond acceptors (Lipinski definition) is 2. The molecule has 0 spiro atoms. The molecule has 0 atom stereocenters. The lowest BCUT2D eigenvalue weighted by Crippen LogP contribution is -2.12. The molecular formula is C17H12Cl3N3O. The molecule has 0 fully saturated rings. The fraction of sp³-hybridized carbons (Fsp3) is 0.0588. The third kappa shape index (κ3) is 3.90. The normalized spacial score (nSPS) is 10.6. The minimum Gasteiger partial charge on any atom is -0.305 e. The second-order valence-electron chi connectivity index (χ2n) is 5.06. The second kappa shape index (κ2) is 7.26. The van der Waals surface area contributed by atoms with Gasteiger partial charge in [0.15, 0.2) is 5.82 Å². The van der Waals surface area contributed by atoms with Crippen molar-refractivity contribution in [3.05, 3.63) is 80.9 Å². The number of halogens is 3. The van der Waals surface area contributed by atoms with Crippen molar-refractivity contribution >= 4 is 46.5 Å². The molecule has 1 amide bonds. The van der Waals surface area contributed by atoms with Gasteiger partial charge in [0.2, 0.25) is 0 Å². The van der Waals surface area contributed by atoms with Gasteiger partial charge in [0.1, 0.15) is 0 Å². The first-order valence-corrected chi connectivity index (χ1v) is 8.19. The molecule has 0 saturated heterocycles. The van der Waals surface area contributed by atoms with E-state index in [0.29, 0.717) is 33.0 Å². The van der Waals surface area contributed by atoms with Gasteiger partial charge in [-0.25, -0.2) is 0 Å². The van der Waals surface area contributed by atoms with E-state index in [4.69, 9.17) is 34.8 Å². The van der Waals surface area contributed by atoms with Crippen LogP contribution in [0.1, 0.15) is 15.9 Å². The van der Waals surface area contributed by atoms with Gasteiger partial charge < -0.3 is 5.32 Å². The summed E-state index contributed by atoms with van der Waals surface area (Å²) in [6.45, 7) is 0.412. The number of nitrogens with zero attached hydrogens (tertiary/aromatic N) is 2. The summed E-state index contributed by atoms with van der Waals surface area (Å²) in [5.74, 6) is 0.186. The number of benzene rings is 2. The van der Waals surface area contributed by atoms with Crippen molar-refractivity contribution in [1.82, 2.24) is 9.78 Å². The summed E-state index contributed by atoms with van der Waals surface area (Å²) in [5, 5.41) is 8.77. The molecule has 122 valence electrons. The summed E-state index contributed by atoms with van der Waals surface area (Å²) in [7, 11) is 0. The van der Waals surface area contributed by atoms with E-state index in [1.54, 1.807) is 59.4 Å². The van der Waals surface area contributed by atoms with Crippen LogP contribution in [-0.2, 0) is 6.54 Å². The van der Waals surface area contributed by atoms with Crippen molar-refractivity contribution in [1.29, 1.82) is 0 Å². The van der Waals surface area contributed by atoms with Crippen molar-refractivity contribution in [3.8, 4) is 0 Å². The number of amides is 1. The van der Waals surface area contributed by atoms with Crippen molar-refractivity contribution in [2.24, 2.45) is 0 Å². The van der Waals surface area contributed by atoms with E-state index >= 15 is 0 Å². The summed E-state index contributed by atoms with van der Waals surface area (Å²) < 4.78 is 1.66. The number of nitrogens with one attached hydrogen (secondary N) is 1. The molecule has 0 radical (unpaired) electrons. The molecule has 0 aliphatic rings. The van der Waals surface area contributed by atoms with Crippen molar-refractivity contribution in [3.63, 3.8) is 0 Å². The molecule has 0 aliphatic carbocycles. The van der Waals surface area contributed by atoms with Crippen LogP contribution in [0.3, 0.4) is 0 Å². The first kappa shape index (κ1) is 16.8. The molecule has 1 aromatic heterocycles. The summed E-state index contributed by atoms with van der Waals surface area (Å²) in [6.07, 6.45) is 1.75. The van der Waals surface area contributed by atoms with E-state index in [-0.39, 0.29) is 5.91 Å². The first-order chi connectivity index (χ1) is 11.5. The monoisotopic (exact) mass is 379 g/mol. The second-order valence-corrected chi connectivity index (χ2v) is 6.31. The van der Waals surface area contributed by atoms with Crippen LogP contribution in [0.2, 0.25) is 15.1 Å². The summed E-state index contributed by atoms with van der Waals surface area (Å²) >= 11 is 18.1. The lowest BCUT2D eigenvalue weighted by atomic mass is 10.2. The molecule has 2 aromatic carbocycles. The van der Waals surface area contributed by atoms with Crippen LogP contribution in [0.4, 0.5) is 5.82 Å². The third-order valence-electron chi connectivity index (χ3n) is 3.37. The Morgan fingerprint density at radius 2 is 1.67 bits per heavy atom. The molecule has 0 aliphatic heterocycles. The molecule has 24 heavy (non-hydrogen) atoms. The van der Waals surface area contributed by atoms with Gasteiger partial charge in [-0.3, -0.25) is 9.48 Å². The molecule has 0 unspecified atom stereocenters. The van der Waals surface area contributed by atoms with Crippen LogP contribution in [-0.4, -0.2) is 15.7 Å². The Labute approximate surface area is 154 Å². The van der Waals surface area contributed by atoms with Gasteiger partial charge >= 0.3 is 0 Å². The van der Waals surface area contributed by atoms with E-state index in [2.05, 4.69) is 10.4 Å². The average Bonchev–Trinajstić information content (AvgIpc) is 2.99. The smallest absolute Gasteiger partial charge is 0.256 e. The molecule has 0 bridgehead atoms. The predicted molar refractivity (Wildman–Crippen MR) is 97.2 cm³/mol. The Morgan fingerprint density at radius 1 is 1.00 bits per heavy atom. The highest BCUT2D eigenvalue weighted by molar-refractivity contribution is 6.36. The van der Waals surface area contributed by atoms with Crippen LogP contribution in [0.5, 0.6) is 0 Å². The largest absolute Gasteiger partial charge is 0.305 e. The van der Waals surface area contributed by atoms with Crippen molar-refractivity contribution < 1.29 is 4.79 Å². The van der Waals surface area contributed by atoms with E-state index in [0.717, 1.165) is 5.56 Å². The Bertz CT molecular complexity index is 855. The predicted octanol–water partition coefficient (Wildman–Crippen LogP) is 5.14. The number of carbonyl (C=O) groups excluding carboxylic acids is 1. The highest BCUT2D eigenvalue weighted by atomic mass is 35.5. The Kier molecular flexibility index (Phi) is 5.09. The lowest BCUT2D eigenvalue weighted by molar-refractivity contribution is 0.102.